The van der Waals surface area contributed by atoms with Crippen LogP contribution in [0.3, 0.4) is 0 Å². The van der Waals surface area contributed by atoms with Gasteiger partial charge in [-0.1, -0.05) is 12.6 Å². The van der Waals surface area contributed by atoms with Gasteiger partial charge in [-0.2, -0.15) is 10.3 Å². The van der Waals surface area contributed by atoms with Crippen LogP contribution < -0.4 is 11.0 Å². The number of fused-ring (bicyclic) bond motifs is 2. The third-order valence-electron chi connectivity index (χ3n) is 5.45. The summed E-state index contributed by atoms with van der Waals surface area (Å²) in [5.74, 6) is 0.355. The Morgan fingerprint density at radius 3 is 2.73 bits per heavy atom. The number of allylic oxidation sites excluding steroid dienone is 2. The molecule has 3 rings (SSSR count). The first-order chi connectivity index (χ1) is 18.0. The van der Waals surface area contributed by atoms with Gasteiger partial charge in [-0.05, 0) is 43.7 Å². The van der Waals surface area contributed by atoms with Crippen LogP contribution in [0.4, 0.5) is 0 Å². The Hall–Kier alpha value is -4.49. The first kappa shape index (κ1) is 27.1. The van der Waals surface area contributed by atoms with Gasteiger partial charge in [0.05, 0.1) is 31.6 Å². The molecule has 0 atom stereocenters. The lowest BCUT2D eigenvalue weighted by molar-refractivity contribution is -0.117. The number of methoxy groups -OCH3 is 2. The van der Waals surface area contributed by atoms with Crippen molar-refractivity contribution in [1.29, 1.82) is 5.26 Å². The molecule has 3 aromatic rings. The van der Waals surface area contributed by atoms with E-state index < -0.39 is 5.91 Å². The molecule has 1 amide bonds. The number of ether oxygens (including phenoxy) is 3. The highest BCUT2D eigenvalue weighted by atomic mass is 16.5. The Bertz CT molecular complexity index is 1540. The van der Waals surface area contributed by atoms with Gasteiger partial charge in [-0.25, -0.2) is 4.98 Å². The van der Waals surface area contributed by atoms with Gasteiger partial charge in [0.2, 0.25) is 0 Å². The number of hydrogen-bond donors (Lipinski definition) is 0. The molecule has 10 nitrogen and oxygen atoms in total. The minimum absolute atomic E-state index is 0.0937. The van der Waals surface area contributed by atoms with E-state index in [1.165, 1.54) is 30.8 Å². The number of aryl methyl sites for hydroxylation is 1. The number of pyridine rings is 2. The van der Waals surface area contributed by atoms with Crippen LogP contribution in [-0.2, 0) is 25.5 Å². The van der Waals surface area contributed by atoms with Crippen LogP contribution in [0.25, 0.3) is 16.7 Å². The van der Waals surface area contributed by atoms with Crippen molar-refractivity contribution in [3.8, 4) is 6.07 Å². The lowest BCUT2D eigenvalue weighted by atomic mass is 10.2. The molecule has 0 saturated carbocycles. The molecule has 10 heteroatoms. The van der Waals surface area contributed by atoms with Crippen molar-refractivity contribution in [2.75, 3.05) is 27.4 Å². The quantitative estimate of drug-likeness (QED) is 0.171. The van der Waals surface area contributed by atoms with Crippen molar-refractivity contribution in [3.63, 3.8) is 0 Å². The first-order valence-corrected chi connectivity index (χ1v) is 11.7. The average Bonchev–Trinajstić information content (AvgIpc) is 2.92. The summed E-state index contributed by atoms with van der Waals surface area (Å²) in [6.07, 6.45) is 6.75. The summed E-state index contributed by atoms with van der Waals surface area (Å²) in [4.78, 5) is 35.0. The molecular weight excluding hydrogens is 474 g/mol. The predicted octanol–water partition coefficient (Wildman–Crippen LogP) is 3.01. The molecule has 0 radical (unpaired) electrons. The third kappa shape index (κ3) is 6.39. The van der Waals surface area contributed by atoms with E-state index in [9.17, 15) is 14.9 Å². The maximum atomic E-state index is 13.2. The van der Waals surface area contributed by atoms with E-state index in [-0.39, 0.29) is 28.4 Å². The fourth-order valence-electron chi connectivity index (χ4n) is 3.66. The molecule has 0 unspecified atom stereocenters. The van der Waals surface area contributed by atoms with Crippen LogP contribution >= 0.6 is 0 Å². The van der Waals surface area contributed by atoms with Gasteiger partial charge in [-0.3, -0.25) is 14.0 Å². The fourth-order valence-corrected chi connectivity index (χ4v) is 3.66. The molecule has 0 spiro atoms. The molecular formula is C27H29N5O5. The predicted molar refractivity (Wildman–Crippen MR) is 138 cm³/mol. The van der Waals surface area contributed by atoms with Gasteiger partial charge < -0.3 is 18.8 Å². The number of rotatable bonds is 11. The molecule has 37 heavy (non-hydrogen) atoms. The fraction of sp³-hybridized carbons (Fsp3) is 0.296. The number of carbonyl (C=O) groups excluding carboxylic acids is 1. The van der Waals surface area contributed by atoms with Gasteiger partial charge in [0, 0.05) is 32.0 Å². The molecule has 0 N–H and O–H groups in total. The zero-order valence-corrected chi connectivity index (χ0v) is 21.1. The smallest absolute Gasteiger partial charge is 0.267 e. The number of hydrogen-bond acceptors (Lipinski definition) is 7. The van der Waals surface area contributed by atoms with Gasteiger partial charge in [0.1, 0.15) is 28.9 Å². The zero-order valence-electron chi connectivity index (χ0n) is 21.1. The van der Waals surface area contributed by atoms with Gasteiger partial charge in [-0.15, -0.1) is 0 Å². The highest BCUT2D eigenvalue weighted by molar-refractivity contribution is 5.80. The topological polar surface area (TPSA) is 120 Å². The summed E-state index contributed by atoms with van der Waals surface area (Å²) in [6, 6.07) is 8.73. The van der Waals surface area contributed by atoms with E-state index in [0.29, 0.717) is 49.0 Å². The maximum Gasteiger partial charge on any atom is 0.267 e. The van der Waals surface area contributed by atoms with Crippen molar-refractivity contribution in [3.05, 3.63) is 88.2 Å². The molecule has 0 aliphatic rings. The largest absolute Gasteiger partial charge is 0.497 e. The van der Waals surface area contributed by atoms with E-state index in [1.807, 2.05) is 6.92 Å². The molecule has 3 heterocycles. The monoisotopic (exact) mass is 503 g/mol. The Morgan fingerprint density at radius 1 is 1.27 bits per heavy atom. The van der Waals surface area contributed by atoms with Gasteiger partial charge in [0.25, 0.3) is 11.5 Å². The summed E-state index contributed by atoms with van der Waals surface area (Å²) < 4.78 is 18.9. The van der Waals surface area contributed by atoms with Crippen molar-refractivity contribution in [1.82, 2.24) is 14.0 Å². The lowest BCUT2D eigenvalue weighted by Crippen LogP contribution is -2.30. The number of carbonyl (C=O) groups is 1. The van der Waals surface area contributed by atoms with E-state index in [4.69, 9.17) is 14.2 Å². The minimum atomic E-state index is -0.507. The summed E-state index contributed by atoms with van der Waals surface area (Å²) in [5, 5.41) is 10.1. The maximum absolute atomic E-state index is 13.2. The van der Waals surface area contributed by atoms with E-state index >= 15 is 0 Å². The Morgan fingerprint density at radius 2 is 2.05 bits per heavy atom. The molecule has 0 bridgehead atoms. The molecule has 3 aromatic heterocycles. The summed E-state index contributed by atoms with van der Waals surface area (Å²) in [7, 11) is 2.97. The molecule has 0 aliphatic carbocycles. The number of nitrogens with zero attached hydrogens (tertiary/aromatic N) is 5. The van der Waals surface area contributed by atoms with Crippen LogP contribution in [0.2, 0.25) is 0 Å². The summed E-state index contributed by atoms with van der Waals surface area (Å²) >= 11 is 0. The van der Waals surface area contributed by atoms with Crippen LogP contribution in [0.5, 0.6) is 0 Å². The second-order valence-electron chi connectivity index (χ2n) is 7.75. The van der Waals surface area contributed by atoms with Crippen molar-refractivity contribution >= 4 is 22.6 Å². The molecule has 0 saturated heterocycles. The van der Waals surface area contributed by atoms with Gasteiger partial charge >= 0.3 is 0 Å². The number of aromatic nitrogens is 3. The summed E-state index contributed by atoms with van der Waals surface area (Å²) in [5.41, 5.74) is 0.691. The minimum Gasteiger partial charge on any atom is -0.497 e. The van der Waals surface area contributed by atoms with E-state index in [2.05, 4.69) is 22.6 Å². The molecule has 0 aliphatic heterocycles. The van der Waals surface area contributed by atoms with Crippen molar-refractivity contribution in [2.24, 2.45) is 4.99 Å². The second kappa shape index (κ2) is 13.0. The van der Waals surface area contributed by atoms with Crippen LogP contribution in [-0.4, -0.2) is 47.3 Å². The van der Waals surface area contributed by atoms with E-state index in [0.717, 1.165) is 0 Å². The van der Waals surface area contributed by atoms with Crippen LogP contribution in [0, 0.1) is 11.3 Å². The van der Waals surface area contributed by atoms with Crippen molar-refractivity contribution < 1.29 is 19.0 Å². The Kier molecular flexibility index (Phi) is 9.52. The molecule has 0 aromatic carbocycles. The zero-order chi connectivity index (χ0) is 26.8. The van der Waals surface area contributed by atoms with Crippen molar-refractivity contribution in [2.45, 2.75) is 26.3 Å². The normalized spacial score (nSPS) is 12.5. The van der Waals surface area contributed by atoms with E-state index in [1.54, 1.807) is 41.1 Å². The SMILES string of the molecule is C=C/C(=C/C(=C/CC(=O)N=c1c(C#N)cc2c(=O)n3ccccc3nc2n1CCCOCC)OC)OC. The highest BCUT2D eigenvalue weighted by Crippen LogP contribution is 2.11. The first-order valence-electron chi connectivity index (χ1n) is 11.7. The van der Waals surface area contributed by atoms with Gasteiger partial charge in [0.15, 0.2) is 5.49 Å². The highest BCUT2D eigenvalue weighted by Gasteiger charge is 2.15. The Labute approximate surface area is 214 Å². The number of amides is 1. The lowest BCUT2D eigenvalue weighted by Gasteiger charge is -2.13. The third-order valence-corrected chi connectivity index (χ3v) is 5.45. The summed E-state index contributed by atoms with van der Waals surface area (Å²) in [6.45, 7) is 6.90. The number of nitriles is 1. The molecule has 192 valence electrons. The Balaban J connectivity index is 2.18. The molecule has 0 fully saturated rings. The second-order valence-corrected chi connectivity index (χ2v) is 7.75. The van der Waals surface area contributed by atoms with Crippen LogP contribution in [0.15, 0.2) is 76.6 Å². The average molecular weight is 504 g/mol. The van der Waals surface area contributed by atoms with Crippen LogP contribution in [0.1, 0.15) is 25.3 Å². The standard InChI is InChI=1S/C27H29N5O5/c1-5-20(35-3)17-21(36-4)11-12-24(33)30-25-19(18-28)16-22-26(32(25)14-9-15-37-6-2)29-23-10-7-8-13-31(23)27(22)34/h5,7-8,10-11,13,16-17H,1,6,9,12,14-15H2,2-4H3/b20-17-,21-11-,30-25?.